The molecule has 1 aromatic rings. The van der Waals surface area contributed by atoms with E-state index in [-0.39, 0.29) is 23.8 Å². The maximum atomic E-state index is 13.8. The van der Waals surface area contributed by atoms with Crippen LogP contribution in [0.2, 0.25) is 5.02 Å². The Hall–Kier alpha value is -1.13. The molecule has 1 aliphatic rings. The lowest BCUT2D eigenvalue weighted by Gasteiger charge is -2.30. The van der Waals surface area contributed by atoms with Gasteiger partial charge in [0.25, 0.3) is 0 Å². The summed E-state index contributed by atoms with van der Waals surface area (Å²) in [5.74, 6) is -1.26. The summed E-state index contributed by atoms with van der Waals surface area (Å²) in [6.07, 6.45) is 2.94. The van der Waals surface area contributed by atoms with Gasteiger partial charge in [-0.25, -0.2) is 4.39 Å². The van der Waals surface area contributed by atoms with Crippen molar-refractivity contribution in [1.82, 2.24) is 5.32 Å². The Morgan fingerprint density at radius 2 is 2.05 bits per heavy atom. The average Bonchev–Trinajstić information content (AvgIpc) is 2.39. The molecule has 0 aliphatic heterocycles. The number of carboxylic acids is 1. The van der Waals surface area contributed by atoms with E-state index in [1.165, 1.54) is 6.07 Å². The van der Waals surface area contributed by atoms with Crippen LogP contribution >= 0.6 is 11.6 Å². The molecular formula is C15H19ClFNO2. The molecule has 1 unspecified atom stereocenters. The van der Waals surface area contributed by atoms with Gasteiger partial charge in [0.2, 0.25) is 0 Å². The van der Waals surface area contributed by atoms with E-state index in [4.69, 9.17) is 16.7 Å². The number of nitrogens with one attached hydrogen (secondary N) is 1. The highest BCUT2D eigenvalue weighted by molar-refractivity contribution is 6.31. The van der Waals surface area contributed by atoms with Crippen LogP contribution in [0.5, 0.6) is 0 Å². The first-order valence-electron chi connectivity index (χ1n) is 6.91. The van der Waals surface area contributed by atoms with Crippen molar-refractivity contribution in [3.63, 3.8) is 0 Å². The third kappa shape index (κ3) is 3.49. The van der Waals surface area contributed by atoms with Crippen molar-refractivity contribution in [2.24, 2.45) is 5.92 Å². The molecule has 0 aromatic heterocycles. The first-order valence-corrected chi connectivity index (χ1v) is 7.29. The number of rotatable bonds is 4. The molecule has 0 radical (unpaired) electrons. The van der Waals surface area contributed by atoms with Crippen molar-refractivity contribution in [2.45, 2.75) is 44.7 Å². The summed E-state index contributed by atoms with van der Waals surface area (Å²) in [5.41, 5.74) is 0.481. The number of carbonyl (C=O) groups is 1. The zero-order chi connectivity index (χ0) is 14.7. The molecule has 2 rings (SSSR count). The van der Waals surface area contributed by atoms with Crippen molar-refractivity contribution in [2.75, 3.05) is 0 Å². The third-order valence-corrected chi connectivity index (χ3v) is 4.32. The first kappa shape index (κ1) is 15.3. The van der Waals surface area contributed by atoms with Gasteiger partial charge in [-0.15, -0.1) is 0 Å². The Kier molecular flexibility index (Phi) is 5.00. The largest absolute Gasteiger partial charge is 0.481 e. The van der Waals surface area contributed by atoms with Crippen LogP contribution in [0.4, 0.5) is 4.39 Å². The fourth-order valence-electron chi connectivity index (χ4n) is 2.87. The molecule has 1 saturated carbocycles. The van der Waals surface area contributed by atoms with Gasteiger partial charge < -0.3 is 10.4 Å². The fourth-order valence-corrected chi connectivity index (χ4v) is 3.19. The molecule has 0 heterocycles. The highest BCUT2D eigenvalue weighted by Crippen LogP contribution is 2.29. The second kappa shape index (κ2) is 6.55. The molecule has 1 aromatic carbocycles. The van der Waals surface area contributed by atoms with Crippen LogP contribution in [-0.2, 0) is 4.79 Å². The molecule has 0 amide bonds. The molecule has 110 valence electrons. The fraction of sp³-hybridized carbons (Fsp3) is 0.533. The summed E-state index contributed by atoms with van der Waals surface area (Å²) in [4.78, 5) is 10.9. The molecule has 2 N–H and O–H groups in total. The number of hydrogen-bond donors (Lipinski definition) is 2. The molecule has 1 atom stereocenters. The molecule has 0 bridgehead atoms. The van der Waals surface area contributed by atoms with Crippen molar-refractivity contribution in [3.05, 3.63) is 34.6 Å². The van der Waals surface area contributed by atoms with Crippen LogP contribution in [0, 0.1) is 11.7 Å². The van der Waals surface area contributed by atoms with Gasteiger partial charge in [-0.05, 0) is 44.7 Å². The van der Waals surface area contributed by atoms with Crippen molar-refractivity contribution >= 4 is 17.6 Å². The van der Waals surface area contributed by atoms with Crippen molar-refractivity contribution < 1.29 is 14.3 Å². The molecule has 1 fully saturated rings. The summed E-state index contributed by atoms with van der Waals surface area (Å²) in [6.45, 7) is 1.88. The molecule has 5 heteroatoms. The molecule has 20 heavy (non-hydrogen) atoms. The lowest BCUT2D eigenvalue weighted by Crippen LogP contribution is -2.36. The lowest BCUT2D eigenvalue weighted by molar-refractivity contribution is -0.142. The van der Waals surface area contributed by atoms with E-state index in [1.807, 2.05) is 6.92 Å². The number of benzene rings is 1. The maximum absolute atomic E-state index is 13.8. The molecular weight excluding hydrogens is 281 g/mol. The third-order valence-electron chi connectivity index (χ3n) is 3.99. The van der Waals surface area contributed by atoms with Crippen molar-refractivity contribution in [3.8, 4) is 0 Å². The minimum atomic E-state index is -0.714. The second-order valence-electron chi connectivity index (χ2n) is 5.41. The first-order chi connectivity index (χ1) is 9.49. The highest BCUT2D eigenvalue weighted by atomic mass is 35.5. The van der Waals surface area contributed by atoms with E-state index < -0.39 is 5.97 Å². The van der Waals surface area contributed by atoms with Crippen molar-refractivity contribution in [1.29, 1.82) is 0 Å². The van der Waals surface area contributed by atoms with Crippen LogP contribution in [0.25, 0.3) is 0 Å². The summed E-state index contributed by atoms with van der Waals surface area (Å²) < 4.78 is 13.8. The zero-order valence-electron chi connectivity index (χ0n) is 11.4. The Morgan fingerprint density at radius 1 is 1.40 bits per heavy atom. The Bertz CT molecular complexity index is 467. The summed E-state index contributed by atoms with van der Waals surface area (Å²) >= 11 is 6.05. The van der Waals surface area contributed by atoms with Crippen LogP contribution in [-0.4, -0.2) is 17.1 Å². The quantitative estimate of drug-likeness (QED) is 0.889. The smallest absolute Gasteiger partial charge is 0.306 e. The van der Waals surface area contributed by atoms with Gasteiger partial charge in [0.15, 0.2) is 0 Å². The van der Waals surface area contributed by atoms with Gasteiger partial charge in [0.05, 0.1) is 5.92 Å². The normalized spacial score (nSPS) is 24.4. The topological polar surface area (TPSA) is 49.3 Å². The van der Waals surface area contributed by atoms with Gasteiger partial charge in [-0.1, -0.05) is 17.7 Å². The van der Waals surface area contributed by atoms with Crippen LogP contribution < -0.4 is 5.32 Å². The van der Waals surface area contributed by atoms with Crippen LogP contribution in [0.1, 0.15) is 44.2 Å². The Labute approximate surface area is 123 Å². The Balaban J connectivity index is 1.96. The van der Waals surface area contributed by atoms with Gasteiger partial charge in [-0.2, -0.15) is 0 Å². The molecule has 1 aliphatic carbocycles. The lowest BCUT2D eigenvalue weighted by atomic mass is 9.85. The second-order valence-corrected chi connectivity index (χ2v) is 5.82. The predicted molar refractivity (Wildman–Crippen MR) is 76.3 cm³/mol. The van der Waals surface area contributed by atoms with Crippen LogP contribution in [0.15, 0.2) is 18.2 Å². The number of hydrogen-bond acceptors (Lipinski definition) is 2. The van der Waals surface area contributed by atoms with E-state index in [0.29, 0.717) is 23.4 Å². The van der Waals surface area contributed by atoms with Gasteiger partial charge in [-0.3, -0.25) is 4.79 Å². The SMILES string of the molecule is CC(NC1CCC(C(=O)O)CC1)c1c(F)cccc1Cl. The number of carboxylic acid groups (broad SMARTS) is 1. The van der Waals surface area contributed by atoms with E-state index >= 15 is 0 Å². The zero-order valence-corrected chi connectivity index (χ0v) is 12.2. The van der Waals surface area contributed by atoms with E-state index in [1.54, 1.807) is 12.1 Å². The highest BCUT2D eigenvalue weighted by Gasteiger charge is 2.27. The standard InChI is InChI=1S/C15H19ClFNO2/c1-9(14-12(16)3-2-4-13(14)17)18-11-7-5-10(6-8-11)15(19)20/h2-4,9-11,18H,5-8H2,1H3,(H,19,20). The summed E-state index contributed by atoms with van der Waals surface area (Å²) in [5, 5.41) is 12.7. The number of halogens is 2. The molecule has 0 saturated heterocycles. The minimum Gasteiger partial charge on any atom is -0.481 e. The monoisotopic (exact) mass is 299 g/mol. The minimum absolute atomic E-state index is 0.185. The Morgan fingerprint density at radius 3 is 2.60 bits per heavy atom. The number of aliphatic carboxylic acids is 1. The summed E-state index contributed by atoms with van der Waals surface area (Å²) in [7, 11) is 0. The van der Waals surface area contributed by atoms with Gasteiger partial charge >= 0.3 is 5.97 Å². The predicted octanol–water partition coefficient (Wildman–Crippen LogP) is 3.77. The van der Waals surface area contributed by atoms with E-state index in [2.05, 4.69) is 5.32 Å². The molecule has 0 spiro atoms. The average molecular weight is 300 g/mol. The van der Waals surface area contributed by atoms with Gasteiger partial charge in [0, 0.05) is 22.7 Å². The van der Waals surface area contributed by atoms with Gasteiger partial charge in [0.1, 0.15) is 5.82 Å². The van der Waals surface area contributed by atoms with E-state index in [0.717, 1.165) is 12.8 Å². The summed E-state index contributed by atoms with van der Waals surface area (Å²) in [6, 6.07) is 4.71. The van der Waals surface area contributed by atoms with E-state index in [9.17, 15) is 9.18 Å². The van der Waals surface area contributed by atoms with Crippen LogP contribution in [0.3, 0.4) is 0 Å². The molecule has 3 nitrogen and oxygen atoms in total. The maximum Gasteiger partial charge on any atom is 0.306 e.